The molecule has 0 saturated heterocycles. The third-order valence-electron chi connectivity index (χ3n) is 5.30. The van der Waals surface area contributed by atoms with Crippen molar-refractivity contribution in [2.75, 3.05) is 17.2 Å². The maximum absolute atomic E-state index is 4.63. The molecule has 150 valence electrons. The van der Waals surface area contributed by atoms with Crippen LogP contribution in [0.15, 0.2) is 67.0 Å². The summed E-state index contributed by atoms with van der Waals surface area (Å²) < 4.78 is 0. The molecule has 0 saturated carbocycles. The summed E-state index contributed by atoms with van der Waals surface area (Å²) in [7, 11) is 0. The molecule has 0 aliphatic heterocycles. The van der Waals surface area contributed by atoms with Crippen molar-refractivity contribution in [1.29, 1.82) is 0 Å². The third kappa shape index (κ3) is 3.85. The largest absolute Gasteiger partial charge is 0.366 e. The van der Waals surface area contributed by atoms with Crippen molar-refractivity contribution in [1.82, 2.24) is 19.9 Å². The zero-order valence-corrected chi connectivity index (χ0v) is 16.9. The van der Waals surface area contributed by atoms with E-state index in [1.165, 1.54) is 27.4 Å². The van der Waals surface area contributed by atoms with E-state index in [1.54, 1.807) is 0 Å². The van der Waals surface area contributed by atoms with Crippen LogP contribution in [0.3, 0.4) is 0 Å². The molecule has 0 aliphatic rings. The van der Waals surface area contributed by atoms with E-state index in [-0.39, 0.29) is 0 Å². The zero-order chi connectivity index (χ0) is 20.3. The molecule has 3 heterocycles. The third-order valence-corrected chi connectivity index (χ3v) is 5.30. The first-order chi connectivity index (χ1) is 14.7. The number of fused-ring (bicyclic) bond motifs is 2. The Bertz CT molecular complexity index is 1300. The van der Waals surface area contributed by atoms with Gasteiger partial charge in [0.1, 0.15) is 5.82 Å². The molecule has 0 aliphatic carbocycles. The van der Waals surface area contributed by atoms with Gasteiger partial charge >= 0.3 is 0 Å². The van der Waals surface area contributed by atoms with Crippen molar-refractivity contribution in [3.63, 3.8) is 0 Å². The van der Waals surface area contributed by atoms with Gasteiger partial charge in [0.2, 0.25) is 5.95 Å². The number of anilines is 2. The van der Waals surface area contributed by atoms with Crippen LogP contribution >= 0.6 is 0 Å². The van der Waals surface area contributed by atoms with E-state index >= 15 is 0 Å². The van der Waals surface area contributed by atoms with E-state index < -0.39 is 0 Å². The average molecular weight is 396 g/mol. The Hall–Kier alpha value is -3.80. The minimum atomic E-state index is 0.651. The lowest BCUT2D eigenvalue weighted by atomic mass is 10.1. The Labute approximate surface area is 174 Å². The molecular formula is C24H24N6. The number of hydrogen-bond donors (Lipinski definition) is 4. The smallest absolute Gasteiger partial charge is 0.224 e. The molecule has 0 unspecified atom stereocenters. The van der Waals surface area contributed by atoms with Gasteiger partial charge in [-0.3, -0.25) is 0 Å². The van der Waals surface area contributed by atoms with Crippen LogP contribution in [0.4, 0.5) is 11.8 Å². The van der Waals surface area contributed by atoms with Crippen molar-refractivity contribution >= 4 is 33.6 Å². The number of rotatable bonds is 7. The Balaban J connectivity index is 1.22. The van der Waals surface area contributed by atoms with E-state index in [2.05, 4.69) is 79.2 Å². The molecule has 0 amide bonds. The highest BCUT2D eigenvalue weighted by Crippen LogP contribution is 2.19. The van der Waals surface area contributed by atoms with Crippen LogP contribution in [0.5, 0.6) is 0 Å². The van der Waals surface area contributed by atoms with Crippen molar-refractivity contribution in [2.45, 2.75) is 19.9 Å². The Kier molecular flexibility index (Phi) is 4.81. The number of aromatic amines is 2. The second-order valence-electron chi connectivity index (χ2n) is 7.51. The summed E-state index contributed by atoms with van der Waals surface area (Å²) in [5.41, 5.74) is 5.77. The first-order valence-electron chi connectivity index (χ1n) is 10.2. The van der Waals surface area contributed by atoms with Gasteiger partial charge in [-0.25, -0.2) is 4.98 Å². The van der Waals surface area contributed by atoms with E-state index in [9.17, 15) is 0 Å². The highest BCUT2D eigenvalue weighted by molar-refractivity contribution is 5.83. The fraction of sp³-hybridized carbons (Fsp3) is 0.167. The van der Waals surface area contributed by atoms with E-state index in [4.69, 9.17) is 0 Å². The Morgan fingerprint density at radius 2 is 1.83 bits per heavy atom. The van der Waals surface area contributed by atoms with Gasteiger partial charge in [-0.2, -0.15) is 4.98 Å². The summed E-state index contributed by atoms with van der Waals surface area (Å²) in [6.07, 6.45) is 4.95. The van der Waals surface area contributed by atoms with Crippen LogP contribution in [-0.4, -0.2) is 26.5 Å². The molecule has 5 rings (SSSR count). The highest BCUT2D eigenvalue weighted by Gasteiger charge is 2.05. The molecule has 0 radical (unpaired) electrons. The number of aromatic nitrogens is 4. The minimum absolute atomic E-state index is 0.651. The summed E-state index contributed by atoms with van der Waals surface area (Å²) >= 11 is 0. The number of nitrogens with one attached hydrogen (secondary N) is 4. The van der Waals surface area contributed by atoms with Crippen LogP contribution in [0.2, 0.25) is 0 Å². The summed E-state index contributed by atoms with van der Waals surface area (Å²) in [6.45, 7) is 3.48. The van der Waals surface area contributed by atoms with Gasteiger partial charge < -0.3 is 20.6 Å². The summed E-state index contributed by atoms with van der Waals surface area (Å²) in [5.74, 6) is 1.48. The van der Waals surface area contributed by atoms with Crippen LogP contribution in [0.1, 0.15) is 16.8 Å². The molecule has 3 aromatic heterocycles. The average Bonchev–Trinajstić information content (AvgIpc) is 3.39. The molecular weight excluding hydrogens is 372 g/mol. The molecule has 0 fully saturated rings. The highest BCUT2D eigenvalue weighted by atomic mass is 15.1. The van der Waals surface area contributed by atoms with Crippen molar-refractivity contribution < 1.29 is 0 Å². The maximum Gasteiger partial charge on any atom is 0.224 e. The summed E-state index contributed by atoms with van der Waals surface area (Å²) in [5, 5.41) is 9.27. The first-order valence-corrected chi connectivity index (χ1v) is 10.2. The molecule has 2 aromatic carbocycles. The Morgan fingerprint density at radius 3 is 2.80 bits per heavy atom. The monoisotopic (exact) mass is 396 g/mol. The standard InChI is InChI=1S/C24H24N6/c1-16-12-23(28-14-17-6-7-21-18(13-17)8-10-25-21)30-24(29-16)26-11-9-19-15-27-22-5-3-2-4-20(19)22/h2-8,10,12-13,15,25,27H,9,11,14H2,1H3,(H2,26,28,29,30). The lowest BCUT2D eigenvalue weighted by Crippen LogP contribution is -2.10. The van der Waals surface area contributed by atoms with Crippen molar-refractivity contribution in [2.24, 2.45) is 0 Å². The number of H-pyrrole nitrogens is 2. The predicted octanol–water partition coefficient (Wildman–Crippen LogP) is 5.01. The van der Waals surface area contributed by atoms with Gasteiger partial charge in [0, 0.05) is 53.7 Å². The number of para-hydroxylation sites is 1. The molecule has 5 aromatic rings. The number of aryl methyl sites for hydroxylation is 1. The Morgan fingerprint density at radius 1 is 0.900 bits per heavy atom. The number of nitrogens with zero attached hydrogens (tertiary/aromatic N) is 2. The molecule has 30 heavy (non-hydrogen) atoms. The predicted molar refractivity (Wildman–Crippen MR) is 123 cm³/mol. The number of benzene rings is 2. The van der Waals surface area contributed by atoms with Crippen LogP contribution < -0.4 is 10.6 Å². The molecule has 6 heteroatoms. The summed E-state index contributed by atoms with van der Waals surface area (Å²) in [4.78, 5) is 15.7. The first kappa shape index (κ1) is 18.2. The van der Waals surface area contributed by atoms with Crippen LogP contribution in [0, 0.1) is 6.92 Å². The normalized spacial score (nSPS) is 11.2. The molecule has 0 atom stereocenters. The van der Waals surface area contributed by atoms with E-state index in [0.717, 1.165) is 30.0 Å². The van der Waals surface area contributed by atoms with Gasteiger partial charge in [-0.1, -0.05) is 24.3 Å². The van der Waals surface area contributed by atoms with Gasteiger partial charge in [0.15, 0.2) is 0 Å². The number of hydrogen-bond acceptors (Lipinski definition) is 4. The quantitative estimate of drug-likeness (QED) is 0.312. The van der Waals surface area contributed by atoms with Gasteiger partial charge in [0.25, 0.3) is 0 Å². The maximum atomic E-state index is 4.63. The van der Waals surface area contributed by atoms with Gasteiger partial charge in [-0.05, 0) is 54.1 Å². The van der Waals surface area contributed by atoms with E-state index in [1.807, 2.05) is 25.3 Å². The molecule has 0 bridgehead atoms. The van der Waals surface area contributed by atoms with Crippen LogP contribution in [-0.2, 0) is 13.0 Å². The lowest BCUT2D eigenvalue weighted by Gasteiger charge is -2.10. The minimum Gasteiger partial charge on any atom is -0.366 e. The topological polar surface area (TPSA) is 81.4 Å². The van der Waals surface area contributed by atoms with Crippen LogP contribution in [0.25, 0.3) is 21.8 Å². The van der Waals surface area contributed by atoms with E-state index in [0.29, 0.717) is 12.5 Å². The molecule has 6 nitrogen and oxygen atoms in total. The van der Waals surface area contributed by atoms with Gasteiger partial charge in [-0.15, -0.1) is 0 Å². The SMILES string of the molecule is Cc1cc(NCc2ccc3[nH]ccc3c2)nc(NCCc2c[nH]c3ccccc23)n1. The molecule has 4 N–H and O–H groups in total. The fourth-order valence-electron chi connectivity index (χ4n) is 3.79. The summed E-state index contributed by atoms with van der Waals surface area (Å²) in [6, 6.07) is 18.8. The second-order valence-corrected chi connectivity index (χ2v) is 7.51. The second kappa shape index (κ2) is 7.91. The lowest BCUT2D eigenvalue weighted by molar-refractivity contribution is 0.974. The van der Waals surface area contributed by atoms with Crippen molar-refractivity contribution in [3.05, 3.63) is 83.8 Å². The van der Waals surface area contributed by atoms with Gasteiger partial charge in [0.05, 0.1) is 0 Å². The fourth-order valence-corrected chi connectivity index (χ4v) is 3.79. The van der Waals surface area contributed by atoms with Crippen molar-refractivity contribution in [3.8, 4) is 0 Å². The molecule has 0 spiro atoms. The zero-order valence-electron chi connectivity index (χ0n) is 16.9.